The van der Waals surface area contributed by atoms with Gasteiger partial charge in [-0.05, 0) is 115 Å². The lowest BCUT2D eigenvalue weighted by Gasteiger charge is -2.47. The quantitative estimate of drug-likeness (QED) is 0.0768. The van der Waals surface area contributed by atoms with Gasteiger partial charge in [-0.25, -0.2) is 18.6 Å². The number of terminal acetylenes is 1. The number of fused-ring (bicyclic) bond motifs is 6. The topological polar surface area (TPSA) is 112 Å². The van der Waals surface area contributed by atoms with Crippen LogP contribution in [0.2, 0.25) is 0 Å². The van der Waals surface area contributed by atoms with Crippen LogP contribution >= 0.6 is 0 Å². The molecule has 9 rings (SSSR count). The number of nitrogens with zero attached hydrogens (tertiary/aromatic N) is 6. The van der Waals surface area contributed by atoms with Crippen molar-refractivity contribution in [3.05, 3.63) is 47.2 Å². The van der Waals surface area contributed by atoms with Gasteiger partial charge in [-0.15, -0.1) is 6.42 Å². The Morgan fingerprint density at radius 3 is 2.18 bits per heavy atom. The van der Waals surface area contributed by atoms with Gasteiger partial charge >= 0.3 is 36.2 Å². The van der Waals surface area contributed by atoms with Crippen LogP contribution in [0.3, 0.4) is 0 Å². The first kappa shape index (κ1) is 51.4. The molecule has 2 bridgehead atoms. The second-order valence-electron chi connectivity index (χ2n) is 20.4. The van der Waals surface area contributed by atoms with Crippen molar-refractivity contribution in [1.82, 2.24) is 24.8 Å². The van der Waals surface area contributed by atoms with Crippen LogP contribution in [0, 0.1) is 35.3 Å². The largest absolute Gasteiger partial charge is 0.468 e. The summed E-state index contributed by atoms with van der Waals surface area (Å²) in [6, 6.07) is 4.69. The number of aromatic nitrogens is 3. The Bertz CT molecular complexity index is 2750. The number of anilines is 1. The van der Waals surface area contributed by atoms with Crippen molar-refractivity contribution in [2.75, 3.05) is 58.2 Å². The van der Waals surface area contributed by atoms with Crippen LogP contribution in [-0.4, -0.2) is 132 Å². The van der Waals surface area contributed by atoms with Gasteiger partial charge in [0.25, 0.3) is 0 Å². The summed E-state index contributed by atoms with van der Waals surface area (Å²) in [5.74, 6) is 0.358. The van der Waals surface area contributed by atoms with Crippen molar-refractivity contribution in [3.8, 4) is 35.4 Å². The van der Waals surface area contributed by atoms with Crippen molar-refractivity contribution in [1.29, 1.82) is 0 Å². The van der Waals surface area contributed by atoms with Gasteiger partial charge in [-0.2, -0.15) is 49.5 Å². The number of carbonyl (C=O) groups excluding carboxylic acids is 1. The van der Waals surface area contributed by atoms with Gasteiger partial charge < -0.3 is 33.5 Å². The van der Waals surface area contributed by atoms with E-state index in [0.29, 0.717) is 73.9 Å². The van der Waals surface area contributed by atoms with Crippen molar-refractivity contribution in [2.24, 2.45) is 11.3 Å². The molecule has 6 heterocycles. The highest BCUT2D eigenvalue weighted by molar-refractivity contribution is 6.03. The van der Waals surface area contributed by atoms with E-state index in [1.165, 1.54) is 25.3 Å². The fourth-order valence-corrected chi connectivity index (χ4v) is 10.8. The number of amides is 1. The molecule has 3 atom stereocenters. The van der Waals surface area contributed by atoms with Crippen LogP contribution < -0.4 is 14.4 Å². The van der Waals surface area contributed by atoms with Crippen molar-refractivity contribution >= 4 is 33.6 Å². The predicted molar refractivity (Wildman–Crippen MR) is 238 cm³/mol. The first-order chi connectivity index (χ1) is 33.8. The Hall–Kier alpha value is -5.47. The predicted octanol–water partition coefficient (Wildman–Crippen LogP) is 10.3. The fraction of sp³-hybridized carbons (Fsp3) is 0.592. The van der Waals surface area contributed by atoms with E-state index >= 15 is 8.78 Å². The summed E-state index contributed by atoms with van der Waals surface area (Å²) in [4.78, 5) is 34.0. The fourth-order valence-electron chi connectivity index (χ4n) is 10.8. The van der Waals surface area contributed by atoms with Crippen molar-refractivity contribution < 1.29 is 76.8 Å². The van der Waals surface area contributed by atoms with E-state index in [-0.39, 0.29) is 96.9 Å². The molecule has 2 aromatic heterocycles. The van der Waals surface area contributed by atoms with E-state index in [1.54, 1.807) is 31.7 Å². The van der Waals surface area contributed by atoms with E-state index in [9.17, 15) is 44.3 Å². The van der Waals surface area contributed by atoms with Gasteiger partial charge in [-0.3, -0.25) is 4.90 Å². The first-order valence-corrected chi connectivity index (χ1v) is 23.5. The third-order valence-electron chi connectivity index (χ3n) is 14.4. The number of hydrogen-bond acceptors (Lipinski definition) is 11. The van der Waals surface area contributed by atoms with Gasteiger partial charge in [0, 0.05) is 36.6 Å². The maximum atomic E-state index is 17.8. The zero-order chi connectivity index (χ0) is 51.9. The number of piperidine rings is 1. The lowest BCUT2D eigenvalue weighted by Crippen LogP contribution is -2.68. The first-order valence-electron chi connectivity index (χ1n) is 23.5. The summed E-state index contributed by atoms with van der Waals surface area (Å²) in [6.07, 6.45) is -11.7. The zero-order valence-corrected chi connectivity index (χ0v) is 39.6. The van der Waals surface area contributed by atoms with Gasteiger partial charge in [0.1, 0.15) is 34.2 Å². The van der Waals surface area contributed by atoms with Crippen molar-refractivity contribution in [2.45, 2.75) is 120 Å². The molecule has 4 aliphatic heterocycles. The molecule has 4 fully saturated rings. The number of benzene rings is 2. The Balaban J connectivity index is 1.03. The molecule has 12 nitrogen and oxygen atoms in total. The Labute approximate surface area is 406 Å². The van der Waals surface area contributed by atoms with E-state index in [1.807, 2.05) is 4.90 Å². The van der Waals surface area contributed by atoms with Crippen LogP contribution in [0.15, 0.2) is 24.3 Å². The zero-order valence-electron chi connectivity index (χ0n) is 39.6. The summed E-state index contributed by atoms with van der Waals surface area (Å²) in [7, 11) is 1.43. The molecule has 1 saturated carbocycles. The highest BCUT2D eigenvalue weighted by atomic mass is 19.4. The van der Waals surface area contributed by atoms with E-state index in [4.69, 9.17) is 35.3 Å². The highest BCUT2D eigenvalue weighted by Gasteiger charge is 2.85. The molecule has 3 saturated heterocycles. The maximum Gasteiger partial charge on any atom is 0.435 e. The molecular weight excluding hydrogens is 978 g/mol. The molecule has 2 aromatic carbocycles. The third kappa shape index (κ3) is 9.28. The standard InChI is InChI=1S/C49H51F11N6O6/c1-6-30-32(50)9-7-27-19-29(70-25-68-5)20-31(36(27)30)39-38(51)40-37-33(61-39)10-12-34-35-11-8-28(66(35)43(67)72-44(2,3)4)21-65(34)41(37)63-42(62-40)69-24-45(15-16-45)23-64-17-13-26(14-18-64)22-71-46(47(52,53)54,48(55,56)57)49(58,59)60/h1,7,9,19-20,26,28,34-35H,8,10-18,21-25H2,2-5H3/t28-,34-,35+/m1/s1. The molecule has 23 heteroatoms. The number of halogens is 11. The number of hydrogen-bond donors (Lipinski definition) is 0. The van der Waals surface area contributed by atoms with Crippen LogP contribution in [-0.2, 0) is 20.6 Å². The minimum atomic E-state index is -6.81. The molecular formula is C49H51F11N6O6. The lowest BCUT2D eigenvalue weighted by molar-refractivity contribution is -0.458. The van der Waals surface area contributed by atoms with Crippen molar-refractivity contribution in [3.63, 3.8) is 0 Å². The molecule has 0 spiro atoms. The normalized spacial score (nSPS) is 21.7. The van der Waals surface area contributed by atoms with E-state index < -0.39 is 65.4 Å². The molecule has 0 radical (unpaired) electrons. The van der Waals surface area contributed by atoms with Crippen LogP contribution in [0.5, 0.6) is 11.8 Å². The SMILES string of the molecule is C#Cc1c(F)ccc2cc(OCOC)cc(-c3nc4c5c(nc(OCC6(CN7CCC(COC(C(F)(F)F)(C(F)(F)F)C(F)(F)F)CC7)CC6)nc5c3F)N3C[C@H]5CC[C@@H]([C@H]3CC4)N5C(=O)OC(C)(C)C)c12. The Morgan fingerprint density at radius 2 is 1.56 bits per heavy atom. The molecule has 0 N–H and O–H groups in total. The summed E-state index contributed by atoms with van der Waals surface area (Å²) >= 11 is 0. The van der Waals surface area contributed by atoms with Gasteiger partial charge in [0.2, 0.25) is 0 Å². The van der Waals surface area contributed by atoms with Gasteiger partial charge in [0.05, 0.1) is 48.0 Å². The number of likely N-dealkylation sites (tertiary alicyclic amines) is 1. The number of alkyl halides is 9. The van der Waals surface area contributed by atoms with E-state index in [2.05, 4.69) is 20.5 Å². The molecule has 4 aromatic rings. The monoisotopic (exact) mass is 1030 g/mol. The average molecular weight is 1030 g/mol. The minimum absolute atomic E-state index is 0.00803. The average Bonchev–Trinajstić information content (AvgIpc) is 4.01. The number of aryl methyl sites for hydroxylation is 1. The lowest BCUT2D eigenvalue weighted by atomic mass is 9.95. The number of rotatable bonds is 12. The summed E-state index contributed by atoms with van der Waals surface area (Å²) in [5, 5.41) is 0.953. The molecule has 1 amide bonds. The van der Waals surface area contributed by atoms with Gasteiger partial charge in [0.15, 0.2) is 12.6 Å². The van der Waals surface area contributed by atoms with E-state index in [0.717, 1.165) is 0 Å². The van der Waals surface area contributed by atoms with Gasteiger partial charge in [-0.1, -0.05) is 12.0 Å². The summed E-state index contributed by atoms with van der Waals surface area (Å²) < 4.78 is 182. The number of piperazine rings is 1. The molecule has 0 unspecified atom stereocenters. The Kier molecular flexibility index (Phi) is 13.2. The summed E-state index contributed by atoms with van der Waals surface area (Å²) in [6.45, 7) is 4.75. The Morgan fingerprint density at radius 1 is 0.861 bits per heavy atom. The number of carbonyl (C=O) groups is 1. The van der Waals surface area contributed by atoms with Crippen LogP contribution in [0.25, 0.3) is 32.9 Å². The molecule has 5 aliphatic rings. The second kappa shape index (κ2) is 18.5. The second-order valence-corrected chi connectivity index (χ2v) is 20.4. The summed E-state index contributed by atoms with van der Waals surface area (Å²) in [5.41, 5.74) is -7.54. The maximum absolute atomic E-state index is 17.8. The highest BCUT2D eigenvalue weighted by Crippen LogP contribution is 2.56. The molecule has 1 aliphatic carbocycles. The minimum Gasteiger partial charge on any atom is -0.468 e. The molecule has 390 valence electrons. The van der Waals surface area contributed by atoms with Crippen LogP contribution in [0.4, 0.5) is 58.9 Å². The smallest absolute Gasteiger partial charge is 0.435 e. The number of pyridine rings is 1. The number of methoxy groups -OCH3 is 1. The van der Waals surface area contributed by atoms with Crippen LogP contribution in [0.1, 0.15) is 77.0 Å². The number of ether oxygens (including phenoxy) is 5. The third-order valence-corrected chi connectivity index (χ3v) is 14.4. The molecule has 72 heavy (non-hydrogen) atoms.